The number of amides is 2. The van der Waals surface area contributed by atoms with Crippen LogP contribution in [0.3, 0.4) is 0 Å². The molecule has 0 radical (unpaired) electrons. The van der Waals surface area contributed by atoms with Gasteiger partial charge < -0.3 is 14.7 Å². The molecule has 0 unspecified atom stereocenters. The Hall–Kier alpha value is -3.81. The van der Waals surface area contributed by atoms with E-state index in [2.05, 4.69) is 10.3 Å². The van der Waals surface area contributed by atoms with Crippen molar-refractivity contribution >= 4 is 34.9 Å². The molecule has 2 amide bonds. The average Bonchev–Trinajstić information content (AvgIpc) is 3.30. The molecule has 0 bridgehead atoms. The number of rotatable bonds is 5. The maximum Gasteiger partial charge on any atom is 0.416 e. The van der Waals surface area contributed by atoms with E-state index in [4.69, 9.17) is 11.6 Å². The number of carbonyl (C=O) groups excluding carboxylic acids is 2. The van der Waals surface area contributed by atoms with E-state index >= 15 is 0 Å². The van der Waals surface area contributed by atoms with Crippen molar-refractivity contribution in [3.8, 4) is 0 Å². The van der Waals surface area contributed by atoms with Crippen LogP contribution in [0.15, 0.2) is 42.5 Å². The van der Waals surface area contributed by atoms with Crippen LogP contribution in [0, 0.1) is 0 Å². The van der Waals surface area contributed by atoms with Crippen molar-refractivity contribution in [2.24, 2.45) is 0 Å². The minimum Gasteiger partial charge on any atom is -0.351 e. The molecule has 1 saturated heterocycles. The number of aromatic nitrogens is 3. The number of halogens is 7. The van der Waals surface area contributed by atoms with Gasteiger partial charge in [-0.1, -0.05) is 28.9 Å². The van der Waals surface area contributed by atoms with Crippen molar-refractivity contribution in [1.29, 1.82) is 0 Å². The fraction of sp³-hybridized carbons (Fsp3) is 0.360. The van der Waals surface area contributed by atoms with E-state index in [0.717, 1.165) is 4.68 Å². The van der Waals surface area contributed by atoms with Gasteiger partial charge in [0.15, 0.2) is 11.5 Å². The minimum absolute atomic E-state index is 0.0419. The Labute approximate surface area is 229 Å². The zero-order valence-electron chi connectivity index (χ0n) is 21.2. The molecule has 1 aliphatic rings. The molecule has 214 valence electrons. The third-order valence-corrected chi connectivity index (χ3v) is 6.75. The molecule has 15 heteroatoms. The summed E-state index contributed by atoms with van der Waals surface area (Å²) in [5, 5.41) is 8.19. The standard InChI is InChI=1S/C25H23ClF6N6O2/c1-15(39)36-7-9-37(10-8-36)22-21(23(40)35(2)20-6-4-3-5-19(20)26)33-34-38(22)14-16-11-17(24(27,28)29)13-18(12-16)25(30,31)32/h3-6,11-13H,7-10,14H2,1-2H3. The molecule has 40 heavy (non-hydrogen) atoms. The summed E-state index contributed by atoms with van der Waals surface area (Å²) in [5.41, 5.74) is -3.10. The van der Waals surface area contributed by atoms with Gasteiger partial charge in [0.25, 0.3) is 5.91 Å². The van der Waals surface area contributed by atoms with Gasteiger partial charge in [0.05, 0.1) is 28.4 Å². The Morgan fingerprint density at radius 2 is 1.52 bits per heavy atom. The summed E-state index contributed by atoms with van der Waals surface area (Å²) in [5.74, 6) is -0.717. The molecule has 0 aliphatic carbocycles. The molecule has 2 heterocycles. The molecule has 3 aromatic rings. The fourth-order valence-corrected chi connectivity index (χ4v) is 4.64. The first-order chi connectivity index (χ1) is 18.7. The second-order valence-electron chi connectivity index (χ2n) is 9.14. The summed E-state index contributed by atoms with van der Waals surface area (Å²) < 4.78 is 81.7. The SMILES string of the molecule is CC(=O)N1CCN(c2c(C(=O)N(C)c3ccccc3Cl)nnn2Cc2cc(C(F)(F)F)cc(C(F)(F)F)c2)CC1. The van der Waals surface area contributed by atoms with E-state index in [0.29, 0.717) is 17.8 Å². The second kappa shape index (κ2) is 11.0. The highest BCUT2D eigenvalue weighted by Gasteiger charge is 2.37. The van der Waals surface area contributed by atoms with Crippen LogP contribution in [-0.2, 0) is 23.7 Å². The summed E-state index contributed by atoms with van der Waals surface area (Å²) in [6, 6.07) is 7.75. The van der Waals surface area contributed by atoms with Crippen molar-refractivity contribution in [3.63, 3.8) is 0 Å². The number of alkyl halides is 6. The molecule has 4 rings (SSSR count). The lowest BCUT2D eigenvalue weighted by Crippen LogP contribution is -2.49. The lowest BCUT2D eigenvalue weighted by atomic mass is 10.0. The van der Waals surface area contributed by atoms with E-state index in [1.807, 2.05) is 0 Å². The lowest BCUT2D eigenvalue weighted by Gasteiger charge is -2.35. The Morgan fingerprint density at radius 1 is 0.950 bits per heavy atom. The Kier molecular flexibility index (Phi) is 8.01. The third kappa shape index (κ3) is 6.16. The molecule has 0 saturated carbocycles. The van der Waals surface area contributed by atoms with Crippen LogP contribution in [0.25, 0.3) is 0 Å². The first-order valence-electron chi connectivity index (χ1n) is 11.9. The van der Waals surface area contributed by atoms with Gasteiger partial charge in [-0.15, -0.1) is 5.10 Å². The molecule has 1 aliphatic heterocycles. The third-order valence-electron chi connectivity index (χ3n) is 6.43. The van der Waals surface area contributed by atoms with E-state index in [1.165, 1.54) is 18.9 Å². The average molecular weight is 589 g/mol. The summed E-state index contributed by atoms with van der Waals surface area (Å²) in [6.07, 6.45) is -10.0. The maximum absolute atomic E-state index is 13.5. The number of benzene rings is 2. The van der Waals surface area contributed by atoms with Gasteiger partial charge in [-0.25, -0.2) is 4.68 Å². The molecule has 0 spiro atoms. The Bertz CT molecular complexity index is 1380. The molecule has 2 aromatic carbocycles. The van der Waals surface area contributed by atoms with Crippen LogP contribution in [-0.4, -0.2) is 64.9 Å². The number of nitrogens with zero attached hydrogens (tertiary/aromatic N) is 6. The number of para-hydroxylation sites is 1. The quantitative estimate of drug-likeness (QED) is 0.394. The van der Waals surface area contributed by atoms with Crippen LogP contribution in [0.2, 0.25) is 5.02 Å². The maximum atomic E-state index is 13.5. The predicted molar refractivity (Wildman–Crippen MR) is 134 cm³/mol. The molecule has 1 aromatic heterocycles. The first kappa shape index (κ1) is 29.2. The molecule has 0 N–H and O–H groups in total. The number of piperazine rings is 1. The summed E-state index contributed by atoms with van der Waals surface area (Å²) in [6.45, 7) is 1.86. The highest BCUT2D eigenvalue weighted by Crippen LogP contribution is 2.37. The van der Waals surface area contributed by atoms with Crippen LogP contribution < -0.4 is 9.80 Å². The minimum atomic E-state index is -5.02. The van der Waals surface area contributed by atoms with Crippen LogP contribution in [0.5, 0.6) is 0 Å². The Balaban J connectivity index is 1.77. The van der Waals surface area contributed by atoms with Gasteiger partial charge in [0.1, 0.15) is 0 Å². The molecule has 0 atom stereocenters. The fourth-order valence-electron chi connectivity index (χ4n) is 4.37. The van der Waals surface area contributed by atoms with Crippen LogP contribution >= 0.6 is 11.6 Å². The van der Waals surface area contributed by atoms with Crippen molar-refractivity contribution in [1.82, 2.24) is 19.9 Å². The lowest BCUT2D eigenvalue weighted by molar-refractivity contribution is -0.143. The topological polar surface area (TPSA) is 74.6 Å². The summed E-state index contributed by atoms with van der Waals surface area (Å²) in [4.78, 5) is 29.8. The summed E-state index contributed by atoms with van der Waals surface area (Å²) >= 11 is 6.23. The zero-order chi connectivity index (χ0) is 29.4. The monoisotopic (exact) mass is 588 g/mol. The highest BCUT2D eigenvalue weighted by molar-refractivity contribution is 6.34. The zero-order valence-corrected chi connectivity index (χ0v) is 22.0. The van der Waals surface area contributed by atoms with E-state index in [-0.39, 0.29) is 60.3 Å². The van der Waals surface area contributed by atoms with Gasteiger partial charge in [0.2, 0.25) is 5.91 Å². The normalized spacial score (nSPS) is 14.4. The molecule has 1 fully saturated rings. The Morgan fingerprint density at radius 3 is 2.05 bits per heavy atom. The van der Waals surface area contributed by atoms with Gasteiger partial charge in [0, 0.05) is 40.2 Å². The van der Waals surface area contributed by atoms with Crippen molar-refractivity contribution in [3.05, 3.63) is 69.9 Å². The van der Waals surface area contributed by atoms with Crippen LogP contribution in [0.4, 0.5) is 37.8 Å². The molecular formula is C25H23ClF6N6O2. The smallest absolute Gasteiger partial charge is 0.351 e. The number of hydrogen-bond donors (Lipinski definition) is 0. The number of carbonyl (C=O) groups is 2. The largest absolute Gasteiger partial charge is 0.416 e. The van der Waals surface area contributed by atoms with Gasteiger partial charge >= 0.3 is 12.4 Å². The highest BCUT2D eigenvalue weighted by atomic mass is 35.5. The van der Waals surface area contributed by atoms with E-state index in [1.54, 1.807) is 34.1 Å². The van der Waals surface area contributed by atoms with Crippen molar-refractivity contribution in [2.75, 3.05) is 43.0 Å². The van der Waals surface area contributed by atoms with Gasteiger partial charge in [-0.05, 0) is 35.9 Å². The number of anilines is 2. The number of hydrogen-bond acceptors (Lipinski definition) is 5. The van der Waals surface area contributed by atoms with Crippen LogP contribution in [0.1, 0.15) is 34.1 Å². The van der Waals surface area contributed by atoms with Gasteiger partial charge in [-0.2, -0.15) is 26.3 Å². The van der Waals surface area contributed by atoms with E-state index < -0.39 is 35.9 Å². The van der Waals surface area contributed by atoms with E-state index in [9.17, 15) is 35.9 Å². The van der Waals surface area contributed by atoms with Crippen molar-refractivity contribution < 1.29 is 35.9 Å². The molecule has 8 nitrogen and oxygen atoms in total. The van der Waals surface area contributed by atoms with Gasteiger partial charge in [-0.3, -0.25) is 9.59 Å². The predicted octanol–water partition coefficient (Wildman–Crippen LogP) is 4.96. The second-order valence-corrected chi connectivity index (χ2v) is 9.55. The first-order valence-corrected chi connectivity index (χ1v) is 12.3. The summed E-state index contributed by atoms with van der Waals surface area (Å²) in [7, 11) is 1.45. The molecular weight excluding hydrogens is 566 g/mol. The van der Waals surface area contributed by atoms with Crippen molar-refractivity contribution in [2.45, 2.75) is 25.8 Å².